The van der Waals surface area contributed by atoms with Gasteiger partial charge < -0.3 is 5.32 Å². The van der Waals surface area contributed by atoms with Gasteiger partial charge in [0.25, 0.3) is 0 Å². The molecule has 0 unspecified atom stereocenters. The summed E-state index contributed by atoms with van der Waals surface area (Å²) in [4.78, 5) is 12.5. The van der Waals surface area contributed by atoms with Gasteiger partial charge in [-0.2, -0.15) is 0 Å². The first-order chi connectivity index (χ1) is 9.74. The van der Waals surface area contributed by atoms with E-state index in [1.54, 1.807) is 0 Å². The zero-order valence-corrected chi connectivity index (χ0v) is 11.7. The van der Waals surface area contributed by atoms with Crippen LogP contribution in [0.1, 0.15) is 35.4 Å². The van der Waals surface area contributed by atoms with Crippen LogP contribution in [0.2, 0.25) is 0 Å². The highest BCUT2D eigenvalue weighted by molar-refractivity contribution is 5.96. The number of nitrogens with one attached hydrogen (secondary N) is 1. The first-order valence-corrected chi connectivity index (χ1v) is 7.19. The van der Waals surface area contributed by atoms with Gasteiger partial charge in [-0.15, -0.1) is 0 Å². The van der Waals surface area contributed by atoms with Crippen LogP contribution >= 0.6 is 0 Å². The zero-order valence-electron chi connectivity index (χ0n) is 11.7. The van der Waals surface area contributed by atoms with Crippen molar-refractivity contribution in [1.82, 2.24) is 0 Å². The van der Waals surface area contributed by atoms with Crippen molar-refractivity contribution < 1.29 is 4.79 Å². The van der Waals surface area contributed by atoms with Gasteiger partial charge in [0, 0.05) is 5.69 Å². The molecule has 1 amide bonds. The van der Waals surface area contributed by atoms with Gasteiger partial charge in [0.05, 0.1) is 5.92 Å². The molecule has 20 heavy (non-hydrogen) atoms. The van der Waals surface area contributed by atoms with E-state index in [1.807, 2.05) is 37.3 Å². The molecule has 0 spiro atoms. The summed E-state index contributed by atoms with van der Waals surface area (Å²) in [5.41, 5.74) is 4.60. The number of hydrogen-bond acceptors (Lipinski definition) is 1. The standard InChI is InChI=1S/C18H19NO/c1-13-9-11-15(12-10-13)19-18(20)17-8-4-6-14-5-2-3-7-16(14)17/h2-3,5,7,9-12,17H,4,6,8H2,1H3,(H,19,20)/t17-/m0/s1. The van der Waals surface area contributed by atoms with Gasteiger partial charge in [-0.3, -0.25) is 4.79 Å². The van der Waals surface area contributed by atoms with Gasteiger partial charge in [0.15, 0.2) is 0 Å². The smallest absolute Gasteiger partial charge is 0.231 e. The molecule has 0 saturated heterocycles. The summed E-state index contributed by atoms with van der Waals surface area (Å²) < 4.78 is 0. The number of carbonyl (C=O) groups excluding carboxylic acids is 1. The van der Waals surface area contributed by atoms with E-state index in [0.29, 0.717) is 0 Å². The quantitative estimate of drug-likeness (QED) is 0.872. The van der Waals surface area contributed by atoms with Gasteiger partial charge in [-0.05, 0) is 49.4 Å². The molecule has 0 aromatic heterocycles. The number of anilines is 1. The van der Waals surface area contributed by atoms with Crippen molar-refractivity contribution in [2.75, 3.05) is 5.32 Å². The van der Waals surface area contributed by atoms with Crippen LogP contribution in [0.25, 0.3) is 0 Å². The molecule has 1 aliphatic rings. The molecule has 0 bridgehead atoms. The monoisotopic (exact) mass is 265 g/mol. The Balaban J connectivity index is 1.80. The van der Waals surface area contributed by atoms with Crippen molar-refractivity contribution in [3.63, 3.8) is 0 Å². The summed E-state index contributed by atoms with van der Waals surface area (Å²) >= 11 is 0. The predicted molar refractivity (Wildman–Crippen MR) is 81.9 cm³/mol. The average molecular weight is 265 g/mol. The molecule has 0 saturated carbocycles. The molecule has 102 valence electrons. The molecule has 2 aromatic rings. The topological polar surface area (TPSA) is 29.1 Å². The van der Waals surface area contributed by atoms with E-state index in [2.05, 4.69) is 23.5 Å². The number of amides is 1. The number of rotatable bonds is 2. The maximum Gasteiger partial charge on any atom is 0.231 e. The van der Waals surface area contributed by atoms with E-state index >= 15 is 0 Å². The van der Waals surface area contributed by atoms with Crippen LogP contribution in [0, 0.1) is 6.92 Å². The number of benzene rings is 2. The van der Waals surface area contributed by atoms with Crippen LogP contribution in [0.5, 0.6) is 0 Å². The zero-order chi connectivity index (χ0) is 13.9. The first kappa shape index (κ1) is 12.9. The Morgan fingerprint density at radius 3 is 2.65 bits per heavy atom. The minimum absolute atomic E-state index is 0.0127. The lowest BCUT2D eigenvalue weighted by Gasteiger charge is -2.24. The molecule has 0 fully saturated rings. The molecule has 0 radical (unpaired) electrons. The van der Waals surface area contributed by atoms with Gasteiger partial charge in [0.1, 0.15) is 0 Å². The van der Waals surface area contributed by atoms with E-state index in [4.69, 9.17) is 0 Å². The lowest BCUT2D eigenvalue weighted by molar-refractivity contribution is -0.117. The summed E-state index contributed by atoms with van der Waals surface area (Å²) in [6, 6.07) is 16.3. The SMILES string of the molecule is Cc1ccc(NC(=O)[C@H]2CCCc3ccccc32)cc1. The van der Waals surface area contributed by atoms with Crippen molar-refractivity contribution in [2.45, 2.75) is 32.1 Å². The number of fused-ring (bicyclic) bond motifs is 1. The highest BCUT2D eigenvalue weighted by Gasteiger charge is 2.25. The molecule has 0 heterocycles. The van der Waals surface area contributed by atoms with E-state index in [0.717, 1.165) is 24.9 Å². The van der Waals surface area contributed by atoms with E-state index in [-0.39, 0.29) is 11.8 Å². The van der Waals surface area contributed by atoms with Gasteiger partial charge >= 0.3 is 0 Å². The lowest BCUT2D eigenvalue weighted by Crippen LogP contribution is -2.24. The third-order valence-corrected chi connectivity index (χ3v) is 4.01. The van der Waals surface area contributed by atoms with Crippen molar-refractivity contribution in [3.8, 4) is 0 Å². The van der Waals surface area contributed by atoms with Crippen LogP contribution in [0.4, 0.5) is 5.69 Å². The van der Waals surface area contributed by atoms with Crippen molar-refractivity contribution in [2.24, 2.45) is 0 Å². The minimum Gasteiger partial charge on any atom is -0.326 e. The molecule has 2 nitrogen and oxygen atoms in total. The Hall–Kier alpha value is -2.09. The highest BCUT2D eigenvalue weighted by Crippen LogP contribution is 2.32. The fourth-order valence-corrected chi connectivity index (χ4v) is 2.89. The van der Waals surface area contributed by atoms with Crippen LogP contribution < -0.4 is 5.32 Å². The second-order valence-electron chi connectivity index (χ2n) is 5.50. The summed E-state index contributed by atoms with van der Waals surface area (Å²) in [6.45, 7) is 2.04. The predicted octanol–water partition coefficient (Wildman–Crippen LogP) is 4.05. The summed E-state index contributed by atoms with van der Waals surface area (Å²) in [5.74, 6) is 0.0993. The Morgan fingerprint density at radius 2 is 1.85 bits per heavy atom. The number of hydrogen-bond donors (Lipinski definition) is 1. The van der Waals surface area contributed by atoms with Gasteiger partial charge in [-0.1, -0.05) is 42.0 Å². The third kappa shape index (κ3) is 2.60. The summed E-state index contributed by atoms with van der Waals surface area (Å²) in [6.07, 6.45) is 3.11. The molecule has 1 N–H and O–H groups in total. The van der Waals surface area contributed by atoms with Gasteiger partial charge in [0.2, 0.25) is 5.91 Å². The van der Waals surface area contributed by atoms with Crippen LogP contribution in [-0.2, 0) is 11.2 Å². The second-order valence-corrected chi connectivity index (χ2v) is 5.50. The van der Waals surface area contributed by atoms with Crippen molar-refractivity contribution >= 4 is 11.6 Å². The molecule has 0 aliphatic heterocycles. The second kappa shape index (κ2) is 5.49. The highest BCUT2D eigenvalue weighted by atomic mass is 16.1. The summed E-state index contributed by atoms with van der Waals surface area (Å²) in [5, 5.41) is 3.04. The summed E-state index contributed by atoms with van der Waals surface area (Å²) in [7, 11) is 0. The Kier molecular flexibility index (Phi) is 3.55. The van der Waals surface area contributed by atoms with E-state index < -0.39 is 0 Å². The van der Waals surface area contributed by atoms with Gasteiger partial charge in [-0.25, -0.2) is 0 Å². The normalized spacial score (nSPS) is 17.4. The van der Waals surface area contributed by atoms with Crippen molar-refractivity contribution in [1.29, 1.82) is 0 Å². The fraction of sp³-hybridized carbons (Fsp3) is 0.278. The maximum absolute atomic E-state index is 12.5. The van der Waals surface area contributed by atoms with Crippen LogP contribution in [0.15, 0.2) is 48.5 Å². The number of carbonyl (C=O) groups is 1. The van der Waals surface area contributed by atoms with Crippen LogP contribution in [-0.4, -0.2) is 5.91 Å². The first-order valence-electron chi connectivity index (χ1n) is 7.19. The Bertz CT molecular complexity index is 616. The lowest BCUT2D eigenvalue weighted by atomic mass is 9.82. The molecule has 1 aliphatic carbocycles. The van der Waals surface area contributed by atoms with Crippen LogP contribution in [0.3, 0.4) is 0 Å². The molecule has 1 atom stereocenters. The molecule has 2 heteroatoms. The fourth-order valence-electron chi connectivity index (χ4n) is 2.89. The Morgan fingerprint density at radius 1 is 1.10 bits per heavy atom. The number of aryl methyl sites for hydroxylation is 2. The molecule has 2 aromatic carbocycles. The minimum atomic E-state index is -0.0127. The molecular formula is C18H19NO. The molecule has 3 rings (SSSR count). The van der Waals surface area contributed by atoms with Crippen molar-refractivity contribution in [3.05, 3.63) is 65.2 Å². The van der Waals surface area contributed by atoms with E-state index in [1.165, 1.54) is 16.7 Å². The largest absolute Gasteiger partial charge is 0.326 e. The Labute approximate surface area is 119 Å². The third-order valence-electron chi connectivity index (χ3n) is 4.01. The average Bonchev–Trinajstić information content (AvgIpc) is 2.49. The van der Waals surface area contributed by atoms with E-state index in [9.17, 15) is 4.79 Å². The molecular weight excluding hydrogens is 246 g/mol. The maximum atomic E-state index is 12.5.